The summed E-state index contributed by atoms with van der Waals surface area (Å²) in [6.07, 6.45) is 5.25. The zero-order valence-electron chi connectivity index (χ0n) is 16.2. The molecule has 1 saturated heterocycles. The molecule has 0 bridgehead atoms. The fraction of sp³-hybridized carbons (Fsp3) is 0.522. The molecule has 4 heteroatoms. The standard InChI is InChI=1S/C23H26N2O2/c1-13-17-9-10-23(3)11-16-12-24-21(15-7-5-4-6-8-15)25-19(16)14(2)18(23)20(17)27-22(13)26/h4-8,12-14,17-18,20H,9-11H2,1-3H3/t13-,14+,17+,18+,20+,23+/m0/s1. The summed E-state index contributed by atoms with van der Waals surface area (Å²) in [6, 6.07) is 10.1. The van der Waals surface area contributed by atoms with Gasteiger partial charge >= 0.3 is 5.97 Å². The number of esters is 1. The quantitative estimate of drug-likeness (QED) is 0.706. The first-order chi connectivity index (χ1) is 13.0. The Balaban J connectivity index is 1.57. The molecule has 0 N–H and O–H groups in total. The van der Waals surface area contributed by atoms with Gasteiger partial charge in [0.25, 0.3) is 0 Å². The summed E-state index contributed by atoms with van der Waals surface area (Å²) in [5, 5.41) is 0. The van der Waals surface area contributed by atoms with Crippen molar-refractivity contribution in [1.29, 1.82) is 0 Å². The Morgan fingerprint density at radius 2 is 1.93 bits per heavy atom. The molecule has 3 aliphatic rings. The van der Waals surface area contributed by atoms with Crippen molar-refractivity contribution in [1.82, 2.24) is 9.97 Å². The first kappa shape index (κ1) is 16.9. The third-order valence-corrected chi connectivity index (χ3v) is 7.39. The molecule has 4 nitrogen and oxygen atoms in total. The van der Waals surface area contributed by atoms with Crippen LogP contribution in [0.3, 0.4) is 0 Å². The highest BCUT2D eigenvalue weighted by molar-refractivity contribution is 5.75. The predicted molar refractivity (Wildman–Crippen MR) is 103 cm³/mol. The number of benzene rings is 1. The van der Waals surface area contributed by atoms with E-state index in [4.69, 9.17) is 9.72 Å². The highest BCUT2D eigenvalue weighted by atomic mass is 16.6. The summed E-state index contributed by atoms with van der Waals surface area (Å²) in [4.78, 5) is 21.9. The molecule has 1 aromatic carbocycles. The molecule has 1 aliphatic heterocycles. The summed E-state index contributed by atoms with van der Waals surface area (Å²) in [7, 11) is 0. The third-order valence-electron chi connectivity index (χ3n) is 7.39. The predicted octanol–water partition coefficient (Wildman–Crippen LogP) is 4.40. The number of hydrogen-bond acceptors (Lipinski definition) is 4. The Morgan fingerprint density at radius 3 is 2.70 bits per heavy atom. The average molecular weight is 362 g/mol. The van der Waals surface area contributed by atoms with Crippen molar-refractivity contribution < 1.29 is 9.53 Å². The van der Waals surface area contributed by atoms with Gasteiger partial charge in [0, 0.05) is 29.5 Å². The van der Waals surface area contributed by atoms with E-state index in [9.17, 15) is 4.79 Å². The van der Waals surface area contributed by atoms with Gasteiger partial charge < -0.3 is 4.74 Å². The van der Waals surface area contributed by atoms with Gasteiger partial charge in [-0.2, -0.15) is 0 Å². The van der Waals surface area contributed by atoms with Crippen LogP contribution in [0.2, 0.25) is 0 Å². The van der Waals surface area contributed by atoms with Crippen molar-refractivity contribution in [3.05, 3.63) is 47.8 Å². The van der Waals surface area contributed by atoms with Crippen LogP contribution in [0.5, 0.6) is 0 Å². The number of fused-ring (bicyclic) bond motifs is 4. The highest BCUT2D eigenvalue weighted by Gasteiger charge is 2.58. The summed E-state index contributed by atoms with van der Waals surface area (Å²) < 4.78 is 5.93. The molecule has 0 amide bonds. The lowest BCUT2D eigenvalue weighted by molar-refractivity contribution is -0.149. The van der Waals surface area contributed by atoms with Gasteiger partial charge in [0.1, 0.15) is 6.10 Å². The Hall–Kier alpha value is -2.23. The second-order valence-electron chi connectivity index (χ2n) is 9.01. The van der Waals surface area contributed by atoms with Gasteiger partial charge in [0.15, 0.2) is 5.82 Å². The van der Waals surface area contributed by atoms with E-state index >= 15 is 0 Å². The lowest BCUT2D eigenvalue weighted by atomic mass is 9.53. The van der Waals surface area contributed by atoms with Gasteiger partial charge in [-0.15, -0.1) is 0 Å². The minimum Gasteiger partial charge on any atom is -0.461 e. The Labute approximate surface area is 160 Å². The third kappa shape index (κ3) is 2.45. The summed E-state index contributed by atoms with van der Waals surface area (Å²) in [5.74, 6) is 1.74. The second-order valence-corrected chi connectivity index (χ2v) is 9.01. The van der Waals surface area contributed by atoms with Gasteiger partial charge in [-0.3, -0.25) is 4.79 Å². The van der Waals surface area contributed by atoms with Crippen LogP contribution < -0.4 is 0 Å². The Kier molecular flexibility index (Phi) is 3.68. The maximum Gasteiger partial charge on any atom is 0.309 e. The molecule has 5 rings (SSSR count). The molecule has 6 atom stereocenters. The Morgan fingerprint density at radius 1 is 1.15 bits per heavy atom. The number of hydrogen-bond donors (Lipinski definition) is 0. The SMILES string of the molecule is C[C@@H]1C(=O)O[C@@H]2[C@@H]1CC[C@]1(C)Cc3cnc(-c4ccccc4)nc3[C@H](C)[C@H]21. The highest BCUT2D eigenvalue weighted by Crippen LogP contribution is 2.58. The van der Waals surface area contributed by atoms with E-state index in [-0.39, 0.29) is 29.3 Å². The first-order valence-corrected chi connectivity index (χ1v) is 10.1. The molecule has 2 fully saturated rings. The molecular weight excluding hydrogens is 336 g/mol. The maximum absolute atomic E-state index is 12.3. The van der Waals surface area contributed by atoms with E-state index < -0.39 is 0 Å². The van der Waals surface area contributed by atoms with Crippen molar-refractivity contribution in [2.24, 2.45) is 23.2 Å². The van der Waals surface area contributed by atoms with E-state index in [0.717, 1.165) is 36.3 Å². The molecular formula is C23H26N2O2. The van der Waals surface area contributed by atoms with Crippen LogP contribution in [0.4, 0.5) is 0 Å². The zero-order valence-corrected chi connectivity index (χ0v) is 16.2. The summed E-state index contributed by atoms with van der Waals surface area (Å²) in [6.45, 7) is 6.67. The largest absolute Gasteiger partial charge is 0.461 e. The van der Waals surface area contributed by atoms with Gasteiger partial charge in [-0.05, 0) is 30.2 Å². The number of rotatable bonds is 1. The van der Waals surface area contributed by atoms with Crippen LogP contribution in [-0.2, 0) is 16.0 Å². The van der Waals surface area contributed by atoms with Crippen molar-refractivity contribution >= 4 is 5.97 Å². The Bertz CT molecular complexity index is 897. The number of carbonyl (C=O) groups excluding carboxylic acids is 1. The normalized spacial score (nSPS) is 37.1. The van der Waals surface area contributed by atoms with E-state index in [1.807, 2.05) is 31.3 Å². The van der Waals surface area contributed by atoms with Crippen molar-refractivity contribution in [2.75, 3.05) is 0 Å². The lowest BCUT2D eigenvalue weighted by Crippen LogP contribution is -2.50. The number of ether oxygens (including phenoxy) is 1. The van der Waals surface area contributed by atoms with Crippen LogP contribution in [0.1, 0.15) is 50.8 Å². The average Bonchev–Trinajstić information content (AvgIpc) is 2.95. The van der Waals surface area contributed by atoms with Crippen LogP contribution >= 0.6 is 0 Å². The topological polar surface area (TPSA) is 52.1 Å². The first-order valence-electron chi connectivity index (χ1n) is 10.1. The fourth-order valence-corrected chi connectivity index (χ4v) is 5.98. The smallest absolute Gasteiger partial charge is 0.309 e. The number of nitrogens with zero attached hydrogens (tertiary/aromatic N) is 2. The van der Waals surface area contributed by atoms with Gasteiger partial charge in [-0.1, -0.05) is 51.1 Å². The van der Waals surface area contributed by atoms with Gasteiger partial charge in [0.2, 0.25) is 0 Å². The molecule has 0 radical (unpaired) electrons. The fourth-order valence-electron chi connectivity index (χ4n) is 5.98. The molecule has 2 aromatic rings. The van der Waals surface area contributed by atoms with E-state index in [2.05, 4.69) is 31.0 Å². The monoisotopic (exact) mass is 362 g/mol. The van der Waals surface area contributed by atoms with Crippen LogP contribution in [0.25, 0.3) is 11.4 Å². The number of carbonyl (C=O) groups is 1. The van der Waals surface area contributed by atoms with Crippen LogP contribution in [-0.4, -0.2) is 22.0 Å². The van der Waals surface area contributed by atoms with Gasteiger partial charge in [0.05, 0.1) is 11.6 Å². The molecule has 27 heavy (non-hydrogen) atoms. The van der Waals surface area contributed by atoms with E-state index in [0.29, 0.717) is 11.8 Å². The summed E-state index contributed by atoms with van der Waals surface area (Å²) >= 11 is 0. The van der Waals surface area contributed by atoms with Gasteiger partial charge in [-0.25, -0.2) is 9.97 Å². The molecule has 0 spiro atoms. The zero-order chi connectivity index (χ0) is 18.8. The molecule has 0 unspecified atom stereocenters. The molecule has 1 aromatic heterocycles. The molecule has 2 heterocycles. The van der Waals surface area contributed by atoms with Crippen molar-refractivity contribution in [2.45, 2.75) is 52.1 Å². The molecule has 2 aliphatic carbocycles. The maximum atomic E-state index is 12.3. The van der Waals surface area contributed by atoms with Crippen molar-refractivity contribution in [3.63, 3.8) is 0 Å². The van der Waals surface area contributed by atoms with Crippen LogP contribution in [0, 0.1) is 23.2 Å². The minimum atomic E-state index is -0.0140. The van der Waals surface area contributed by atoms with E-state index in [1.165, 1.54) is 5.56 Å². The van der Waals surface area contributed by atoms with Crippen molar-refractivity contribution in [3.8, 4) is 11.4 Å². The summed E-state index contributed by atoms with van der Waals surface area (Å²) in [5.41, 5.74) is 3.60. The molecule has 1 saturated carbocycles. The lowest BCUT2D eigenvalue weighted by Gasteiger charge is -2.52. The second kappa shape index (κ2) is 5.88. The van der Waals surface area contributed by atoms with Crippen LogP contribution in [0.15, 0.2) is 36.5 Å². The molecule has 140 valence electrons. The number of aromatic nitrogens is 2. The minimum absolute atomic E-state index is 0.0140. The van der Waals surface area contributed by atoms with E-state index in [1.54, 1.807) is 0 Å².